The number of hydrogen-bond acceptors (Lipinski definition) is 8. The van der Waals surface area contributed by atoms with Crippen LogP contribution in [-0.2, 0) is 22.4 Å². The van der Waals surface area contributed by atoms with Gasteiger partial charge in [0.15, 0.2) is 0 Å². The van der Waals surface area contributed by atoms with E-state index in [1.807, 2.05) is 6.92 Å². The molecule has 1 aliphatic rings. The zero-order chi connectivity index (χ0) is 32.6. The van der Waals surface area contributed by atoms with E-state index >= 15 is 0 Å². The zero-order valence-electron chi connectivity index (χ0n) is 25.8. The highest BCUT2D eigenvalue weighted by Crippen LogP contribution is 2.35. The lowest BCUT2D eigenvalue weighted by molar-refractivity contribution is -0.117. The molecule has 12 heteroatoms. The van der Waals surface area contributed by atoms with Crippen molar-refractivity contribution in [2.75, 3.05) is 45.9 Å². The molecule has 0 unspecified atom stereocenters. The Morgan fingerprint density at radius 2 is 1.74 bits per heavy atom. The molecule has 4 aromatic rings. The van der Waals surface area contributed by atoms with E-state index in [0.717, 1.165) is 31.6 Å². The fourth-order valence-electron chi connectivity index (χ4n) is 5.26. The SMILES string of the molecule is CCOC(=O)N1CCN(CCCNC(=O)c2cc3nccc(Oc4ccc(CC(=O)Cc5cc(C)ccc5F)c(F)c4)c3s2)CC1. The van der Waals surface area contributed by atoms with Gasteiger partial charge in [-0.25, -0.2) is 13.6 Å². The summed E-state index contributed by atoms with van der Waals surface area (Å²) in [5.74, 6) is -0.922. The molecule has 2 aromatic carbocycles. The standard InChI is InChI=1S/C34H36F2N4O5S/c1-3-44-34(43)40-15-13-39(14-16-40)12-4-10-38-33(42)31-21-29-32(46-31)30(9-11-37-29)45-26-7-6-23(28(36)20-26)18-25(41)19-24-17-22(2)5-8-27(24)35/h5-9,11,17,20-21H,3-4,10,12-16,18-19H2,1-2H3,(H,38,42). The third-order valence-electron chi connectivity index (χ3n) is 7.66. The van der Waals surface area contributed by atoms with Crippen LogP contribution in [0.15, 0.2) is 54.7 Å². The summed E-state index contributed by atoms with van der Waals surface area (Å²) in [6.07, 6.45) is 1.75. The molecule has 0 bridgehead atoms. The molecule has 242 valence electrons. The maximum Gasteiger partial charge on any atom is 0.409 e. The predicted octanol–water partition coefficient (Wildman–Crippen LogP) is 5.92. The first kappa shape index (κ1) is 33.0. The summed E-state index contributed by atoms with van der Waals surface area (Å²) in [6.45, 7) is 8.04. The molecule has 0 atom stereocenters. The Labute approximate surface area is 270 Å². The maximum atomic E-state index is 15.0. The van der Waals surface area contributed by atoms with Crippen molar-refractivity contribution in [2.24, 2.45) is 0 Å². The molecule has 1 N–H and O–H groups in total. The molecule has 0 radical (unpaired) electrons. The first-order chi connectivity index (χ1) is 22.2. The normalized spacial score (nSPS) is 13.5. The van der Waals surface area contributed by atoms with E-state index in [1.54, 1.807) is 48.4 Å². The third kappa shape index (κ3) is 8.43. The monoisotopic (exact) mass is 650 g/mol. The smallest absolute Gasteiger partial charge is 0.409 e. The molecule has 1 fully saturated rings. The Kier molecular flexibility index (Phi) is 10.9. The van der Waals surface area contributed by atoms with Crippen LogP contribution in [0.3, 0.4) is 0 Å². The van der Waals surface area contributed by atoms with Crippen molar-refractivity contribution in [1.29, 1.82) is 0 Å². The van der Waals surface area contributed by atoms with Crippen molar-refractivity contribution < 1.29 is 32.6 Å². The van der Waals surface area contributed by atoms with Crippen molar-refractivity contribution >= 4 is 39.3 Å². The van der Waals surface area contributed by atoms with Crippen molar-refractivity contribution in [2.45, 2.75) is 33.1 Å². The fraction of sp³-hybridized carbons (Fsp3) is 0.353. The molecule has 46 heavy (non-hydrogen) atoms. The van der Waals surface area contributed by atoms with Gasteiger partial charge in [-0.05, 0) is 56.1 Å². The van der Waals surface area contributed by atoms with Crippen molar-refractivity contribution in [3.63, 3.8) is 0 Å². The highest BCUT2D eigenvalue weighted by Gasteiger charge is 2.22. The van der Waals surface area contributed by atoms with Crippen LogP contribution in [0.4, 0.5) is 13.6 Å². The summed E-state index contributed by atoms with van der Waals surface area (Å²) in [7, 11) is 0. The lowest BCUT2D eigenvalue weighted by Crippen LogP contribution is -2.49. The quantitative estimate of drug-likeness (QED) is 0.190. The number of ether oxygens (including phenoxy) is 2. The van der Waals surface area contributed by atoms with E-state index in [1.165, 1.54) is 29.5 Å². The van der Waals surface area contributed by atoms with Crippen LogP contribution < -0.4 is 10.1 Å². The number of piperazine rings is 1. The van der Waals surface area contributed by atoms with Gasteiger partial charge in [0.25, 0.3) is 5.91 Å². The Bertz CT molecular complexity index is 1720. The number of fused-ring (bicyclic) bond motifs is 1. The first-order valence-corrected chi connectivity index (χ1v) is 16.1. The number of aryl methyl sites for hydroxylation is 1. The second kappa shape index (κ2) is 15.2. The maximum absolute atomic E-state index is 15.0. The number of aromatic nitrogens is 1. The Morgan fingerprint density at radius 3 is 2.50 bits per heavy atom. The first-order valence-electron chi connectivity index (χ1n) is 15.2. The summed E-state index contributed by atoms with van der Waals surface area (Å²) >= 11 is 1.23. The van der Waals surface area contributed by atoms with Gasteiger partial charge in [-0.3, -0.25) is 19.5 Å². The van der Waals surface area contributed by atoms with Crippen LogP contribution in [0.2, 0.25) is 0 Å². The van der Waals surface area contributed by atoms with Crippen LogP contribution in [-0.4, -0.2) is 78.4 Å². The number of ketones is 1. The van der Waals surface area contributed by atoms with Gasteiger partial charge in [0.1, 0.15) is 28.9 Å². The van der Waals surface area contributed by atoms with Crippen molar-refractivity contribution in [3.05, 3.63) is 87.9 Å². The van der Waals surface area contributed by atoms with Gasteiger partial charge in [0.2, 0.25) is 0 Å². The summed E-state index contributed by atoms with van der Waals surface area (Å²) in [6, 6.07) is 12.2. The number of Topliss-reactive ketones (excluding diaryl/α,β-unsaturated/α-hetero) is 1. The number of thiophene rings is 1. The molecular formula is C34H36F2N4O5S. The Hall–Kier alpha value is -4.42. The number of hydrogen-bond donors (Lipinski definition) is 1. The van der Waals surface area contributed by atoms with E-state index < -0.39 is 11.6 Å². The van der Waals surface area contributed by atoms with Crippen LogP contribution >= 0.6 is 11.3 Å². The minimum atomic E-state index is -0.604. The van der Waals surface area contributed by atoms with Crippen molar-refractivity contribution in [1.82, 2.24) is 20.1 Å². The van der Waals surface area contributed by atoms with Gasteiger partial charge < -0.3 is 19.7 Å². The number of rotatable bonds is 12. The van der Waals surface area contributed by atoms with Gasteiger partial charge in [0.05, 0.1) is 21.7 Å². The van der Waals surface area contributed by atoms with Gasteiger partial charge in [0, 0.05) is 63.9 Å². The van der Waals surface area contributed by atoms with Crippen molar-refractivity contribution in [3.8, 4) is 11.5 Å². The lowest BCUT2D eigenvalue weighted by Gasteiger charge is -2.33. The van der Waals surface area contributed by atoms with Crippen LogP contribution in [0.5, 0.6) is 11.5 Å². The second-order valence-electron chi connectivity index (χ2n) is 11.1. The molecule has 1 aliphatic heterocycles. The number of benzene rings is 2. The molecule has 2 amide bonds. The number of carbonyl (C=O) groups is 3. The number of pyridine rings is 1. The predicted molar refractivity (Wildman–Crippen MR) is 172 cm³/mol. The minimum absolute atomic E-state index is 0.121. The summed E-state index contributed by atoms with van der Waals surface area (Å²) in [5.41, 5.74) is 1.91. The summed E-state index contributed by atoms with van der Waals surface area (Å²) in [4.78, 5) is 46.1. The molecule has 5 rings (SSSR count). The van der Waals surface area contributed by atoms with Crippen LogP contribution in [0, 0.1) is 18.6 Å². The number of nitrogens with zero attached hydrogens (tertiary/aromatic N) is 3. The molecule has 9 nitrogen and oxygen atoms in total. The van der Waals surface area contributed by atoms with Gasteiger partial charge >= 0.3 is 6.09 Å². The molecule has 1 saturated heterocycles. The largest absolute Gasteiger partial charge is 0.456 e. The number of halogens is 2. The van der Waals surface area contributed by atoms with Gasteiger partial charge in [-0.2, -0.15) is 0 Å². The minimum Gasteiger partial charge on any atom is -0.456 e. The highest BCUT2D eigenvalue weighted by molar-refractivity contribution is 7.21. The molecular weight excluding hydrogens is 614 g/mol. The Morgan fingerprint density at radius 1 is 0.957 bits per heavy atom. The van der Waals surface area contributed by atoms with Crippen LogP contribution in [0.1, 0.15) is 39.7 Å². The van der Waals surface area contributed by atoms with E-state index in [2.05, 4.69) is 15.2 Å². The molecule has 0 aliphatic carbocycles. The molecule has 0 spiro atoms. The molecule has 3 heterocycles. The second-order valence-corrected chi connectivity index (χ2v) is 12.2. The summed E-state index contributed by atoms with van der Waals surface area (Å²) < 4.78 is 40.7. The number of carbonyl (C=O) groups excluding carboxylic acids is 3. The third-order valence-corrected chi connectivity index (χ3v) is 8.80. The molecule has 2 aromatic heterocycles. The highest BCUT2D eigenvalue weighted by atomic mass is 32.1. The topological polar surface area (TPSA) is 101 Å². The van der Waals surface area contributed by atoms with E-state index in [-0.39, 0.29) is 41.9 Å². The average molecular weight is 651 g/mol. The molecule has 0 saturated carbocycles. The number of amides is 2. The fourth-order valence-corrected chi connectivity index (χ4v) is 6.24. The van der Waals surface area contributed by atoms with Crippen LogP contribution in [0.25, 0.3) is 10.2 Å². The lowest BCUT2D eigenvalue weighted by atomic mass is 10.0. The number of nitrogens with one attached hydrogen (secondary N) is 1. The van der Waals surface area contributed by atoms with E-state index in [4.69, 9.17) is 9.47 Å². The van der Waals surface area contributed by atoms with E-state index in [9.17, 15) is 23.2 Å². The van der Waals surface area contributed by atoms with Gasteiger partial charge in [-0.1, -0.05) is 23.8 Å². The average Bonchev–Trinajstić information content (AvgIpc) is 3.48. The van der Waals surface area contributed by atoms with E-state index in [0.29, 0.717) is 52.6 Å². The Balaban J connectivity index is 1.13. The summed E-state index contributed by atoms with van der Waals surface area (Å²) in [5, 5.41) is 2.96. The van der Waals surface area contributed by atoms with Gasteiger partial charge in [-0.15, -0.1) is 11.3 Å². The zero-order valence-corrected chi connectivity index (χ0v) is 26.6.